The summed E-state index contributed by atoms with van der Waals surface area (Å²) in [4.78, 5) is 15.0. The largest absolute Gasteiger partial charge is 0.304 e. The van der Waals surface area contributed by atoms with Crippen molar-refractivity contribution in [2.75, 3.05) is 20.6 Å². The van der Waals surface area contributed by atoms with Gasteiger partial charge in [0.15, 0.2) is 0 Å². The van der Waals surface area contributed by atoms with Gasteiger partial charge < -0.3 is 4.90 Å². The molecule has 3 heterocycles. The minimum atomic E-state index is -3.58. The Balaban J connectivity index is 1.91. The van der Waals surface area contributed by atoms with Gasteiger partial charge in [0.05, 0.1) is 23.6 Å². The van der Waals surface area contributed by atoms with Crippen LogP contribution in [0, 0.1) is 0 Å². The topological polar surface area (TPSA) is 79.3 Å². The Hall–Kier alpha value is -1.90. The maximum Gasteiger partial charge on any atom is 0.245 e. The van der Waals surface area contributed by atoms with Crippen LogP contribution in [0.2, 0.25) is 0 Å². The summed E-state index contributed by atoms with van der Waals surface area (Å²) in [5.41, 5.74) is 1.54. The molecule has 1 saturated heterocycles. The molecule has 24 heavy (non-hydrogen) atoms. The SMILES string of the molecule is CN(C)Cc1cncc(C2CCCN2S(=O)(=O)c2cccnc2)n1. The minimum absolute atomic E-state index is 0.217. The zero-order chi connectivity index (χ0) is 17.2. The lowest BCUT2D eigenvalue weighted by atomic mass is 10.1. The molecule has 0 aromatic carbocycles. The zero-order valence-corrected chi connectivity index (χ0v) is 14.6. The number of aromatic nitrogens is 3. The van der Waals surface area contributed by atoms with Gasteiger partial charge in [-0.2, -0.15) is 4.31 Å². The normalized spacial score (nSPS) is 19.0. The molecule has 0 N–H and O–H groups in total. The summed E-state index contributed by atoms with van der Waals surface area (Å²) in [5, 5.41) is 0. The standard InChI is InChI=1S/C16H21N5O2S/c1-20(2)12-13-9-18-11-15(19-13)16-6-4-8-21(16)24(22,23)14-5-3-7-17-10-14/h3,5,7,9-11,16H,4,6,8,12H2,1-2H3. The van der Waals surface area contributed by atoms with E-state index in [0.29, 0.717) is 18.8 Å². The molecule has 0 radical (unpaired) electrons. The van der Waals surface area contributed by atoms with Gasteiger partial charge in [-0.3, -0.25) is 15.0 Å². The molecule has 3 rings (SSSR count). The molecular weight excluding hydrogens is 326 g/mol. The van der Waals surface area contributed by atoms with E-state index in [1.165, 1.54) is 10.5 Å². The lowest BCUT2D eigenvalue weighted by molar-refractivity contribution is 0.378. The number of hydrogen-bond donors (Lipinski definition) is 0. The van der Waals surface area contributed by atoms with Crippen LogP contribution in [0.25, 0.3) is 0 Å². The average Bonchev–Trinajstić information content (AvgIpc) is 3.06. The molecule has 1 atom stereocenters. The van der Waals surface area contributed by atoms with Crippen LogP contribution in [-0.4, -0.2) is 53.2 Å². The second kappa shape index (κ2) is 6.92. The van der Waals surface area contributed by atoms with Crippen LogP contribution in [0.5, 0.6) is 0 Å². The first-order valence-electron chi connectivity index (χ1n) is 7.86. The molecule has 0 bridgehead atoms. The third kappa shape index (κ3) is 3.45. The van der Waals surface area contributed by atoms with Crippen LogP contribution < -0.4 is 0 Å². The molecule has 7 nitrogen and oxygen atoms in total. The van der Waals surface area contributed by atoms with Gasteiger partial charge in [-0.15, -0.1) is 0 Å². The number of rotatable bonds is 5. The highest BCUT2D eigenvalue weighted by atomic mass is 32.2. The first kappa shape index (κ1) is 16.9. The molecule has 1 fully saturated rings. The summed E-state index contributed by atoms with van der Waals surface area (Å²) < 4.78 is 27.3. The molecule has 1 aliphatic rings. The van der Waals surface area contributed by atoms with Crippen LogP contribution in [0.1, 0.15) is 30.3 Å². The Morgan fingerprint density at radius 2 is 2.08 bits per heavy atom. The lowest BCUT2D eigenvalue weighted by Crippen LogP contribution is -2.31. The summed E-state index contributed by atoms with van der Waals surface area (Å²) in [6, 6.07) is 2.94. The first-order chi connectivity index (χ1) is 11.5. The Kier molecular flexibility index (Phi) is 4.88. The van der Waals surface area contributed by atoms with Gasteiger partial charge in [0.25, 0.3) is 0 Å². The first-order valence-corrected chi connectivity index (χ1v) is 9.30. The van der Waals surface area contributed by atoms with Gasteiger partial charge >= 0.3 is 0 Å². The molecular formula is C16H21N5O2S. The van der Waals surface area contributed by atoms with E-state index in [1.807, 2.05) is 19.0 Å². The molecule has 0 saturated carbocycles. The smallest absolute Gasteiger partial charge is 0.245 e. The summed E-state index contributed by atoms with van der Waals surface area (Å²) in [7, 11) is 0.344. The second-order valence-corrected chi connectivity index (χ2v) is 8.03. The number of hydrogen-bond acceptors (Lipinski definition) is 6. The highest BCUT2D eigenvalue weighted by molar-refractivity contribution is 7.89. The van der Waals surface area contributed by atoms with E-state index in [2.05, 4.69) is 15.0 Å². The summed E-state index contributed by atoms with van der Waals surface area (Å²) >= 11 is 0. The van der Waals surface area contributed by atoms with Crippen LogP contribution in [0.4, 0.5) is 0 Å². The van der Waals surface area contributed by atoms with Crippen molar-refractivity contribution >= 4 is 10.0 Å². The van der Waals surface area contributed by atoms with Gasteiger partial charge in [0.1, 0.15) is 4.90 Å². The van der Waals surface area contributed by atoms with Gasteiger partial charge in [-0.05, 0) is 39.1 Å². The fraction of sp³-hybridized carbons (Fsp3) is 0.438. The number of sulfonamides is 1. The van der Waals surface area contributed by atoms with E-state index in [1.54, 1.807) is 30.7 Å². The van der Waals surface area contributed by atoms with Crippen molar-refractivity contribution in [2.24, 2.45) is 0 Å². The van der Waals surface area contributed by atoms with Crippen LogP contribution >= 0.6 is 0 Å². The average molecular weight is 347 g/mol. The molecule has 2 aromatic rings. The van der Waals surface area contributed by atoms with Gasteiger partial charge in [-0.1, -0.05) is 0 Å². The quantitative estimate of drug-likeness (QED) is 0.815. The fourth-order valence-corrected chi connectivity index (χ4v) is 4.58. The minimum Gasteiger partial charge on any atom is -0.304 e. The monoisotopic (exact) mass is 347 g/mol. The predicted octanol–water partition coefficient (Wildman–Crippen LogP) is 1.46. The van der Waals surface area contributed by atoms with Gasteiger partial charge in [0, 0.05) is 31.7 Å². The van der Waals surface area contributed by atoms with Crippen LogP contribution in [-0.2, 0) is 16.6 Å². The van der Waals surface area contributed by atoms with Crippen molar-refractivity contribution in [1.82, 2.24) is 24.2 Å². The van der Waals surface area contributed by atoms with E-state index in [-0.39, 0.29) is 10.9 Å². The van der Waals surface area contributed by atoms with Crippen molar-refractivity contribution in [1.29, 1.82) is 0 Å². The molecule has 2 aromatic heterocycles. The summed E-state index contributed by atoms with van der Waals surface area (Å²) in [6.45, 7) is 1.16. The fourth-order valence-electron chi connectivity index (χ4n) is 2.94. The molecule has 8 heteroatoms. The van der Waals surface area contributed by atoms with Crippen molar-refractivity contribution in [3.05, 3.63) is 48.3 Å². The van der Waals surface area contributed by atoms with E-state index in [9.17, 15) is 8.42 Å². The third-order valence-corrected chi connectivity index (χ3v) is 5.86. The maximum absolute atomic E-state index is 12.9. The Bertz CT molecular complexity index is 795. The summed E-state index contributed by atoms with van der Waals surface area (Å²) in [5.74, 6) is 0. The highest BCUT2D eigenvalue weighted by Gasteiger charge is 2.37. The molecule has 0 amide bonds. The van der Waals surface area contributed by atoms with E-state index in [0.717, 1.165) is 18.5 Å². The molecule has 0 spiro atoms. The van der Waals surface area contributed by atoms with Crippen molar-refractivity contribution in [3.8, 4) is 0 Å². The van der Waals surface area contributed by atoms with E-state index >= 15 is 0 Å². The zero-order valence-electron chi connectivity index (χ0n) is 13.8. The van der Waals surface area contributed by atoms with Gasteiger partial charge in [0.2, 0.25) is 10.0 Å². The third-order valence-electron chi connectivity index (χ3n) is 3.97. The van der Waals surface area contributed by atoms with Crippen LogP contribution in [0.3, 0.4) is 0 Å². The maximum atomic E-state index is 12.9. The summed E-state index contributed by atoms with van der Waals surface area (Å²) in [6.07, 6.45) is 7.90. The highest BCUT2D eigenvalue weighted by Crippen LogP contribution is 2.35. The Morgan fingerprint density at radius 1 is 1.25 bits per heavy atom. The van der Waals surface area contributed by atoms with E-state index in [4.69, 9.17) is 0 Å². The van der Waals surface area contributed by atoms with Crippen molar-refractivity contribution in [2.45, 2.75) is 30.3 Å². The van der Waals surface area contributed by atoms with Crippen LogP contribution in [0.15, 0.2) is 41.8 Å². The molecule has 0 aliphatic carbocycles. The Morgan fingerprint density at radius 3 is 2.79 bits per heavy atom. The van der Waals surface area contributed by atoms with E-state index < -0.39 is 10.0 Å². The lowest BCUT2D eigenvalue weighted by Gasteiger charge is -2.23. The molecule has 128 valence electrons. The predicted molar refractivity (Wildman–Crippen MR) is 89.5 cm³/mol. The van der Waals surface area contributed by atoms with Crippen molar-refractivity contribution < 1.29 is 8.42 Å². The number of pyridine rings is 1. The second-order valence-electron chi connectivity index (χ2n) is 6.14. The van der Waals surface area contributed by atoms with Crippen molar-refractivity contribution in [3.63, 3.8) is 0 Å². The number of nitrogens with zero attached hydrogens (tertiary/aromatic N) is 5. The molecule has 1 unspecified atom stereocenters. The van der Waals surface area contributed by atoms with Gasteiger partial charge in [-0.25, -0.2) is 8.42 Å². The molecule has 1 aliphatic heterocycles. The Labute approximate surface area is 142 Å².